The van der Waals surface area contributed by atoms with Gasteiger partial charge >= 0.3 is 0 Å². The van der Waals surface area contributed by atoms with Crippen molar-refractivity contribution in [3.8, 4) is 16.9 Å². The van der Waals surface area contributed by atoms with Crippen molar-refractivity contribution in [2.75, 3.05) is 20.2 Å². The number of halogens is 1. The Balaban J connectivity index is 1.98. The van der Waals surface area contributed by atoms with Gasteiger partial charge in [-0.15, -0.1) is 0 Å². The summed E-state index contributed by atoms with van der Waals surface area (Å²) in [6.07, 6.45) is 6.21. The molecule has 0 bridgehead atoms. The molecule has 27 heavy (non-hydrogen) atoms. The Kier molecular flexibility index (Phi) is 6.89. The van der Waals surface area contributed by atoms with E-state index < -0.39 is 0 Å². The van der Waals surface area contributed by atoms with Crippen LogP contribution < -0.4 is 4.74 Å². The summed E-state index contributed by atoms with van der Waals surface area (Å²) >= 11 is 0. The minimum atomic E-state index is -0.190. The first kappa shape index (κ1) is 19.9. The predicted molar refractivity (Wildman–Crippen MR) is 111 cm³/mol. The maximum absolute atomic E-state index is 14.7. The first-order valence-corrected chi connectivity index (χ1v) is 10.2. The molecule has 0 spiro atoms. The van der Waals surface area contributed by atoms with Crippen molar-refractivity contribution in [1.82, 2.24) is 4.90 Å². The smallest absolute Gasteiger partial charge is 0.131 e. The topological polar surface area (TPSA) is 12.5 Å². The van der Waals surface area contributed by atoms with Gasteiger partial charge < -0.3 is 4.74 Å². The molecule has 146 valence electrons. The number of hydrogen-bond acceptors (Lipinski definition) is 2. The molecule has 0 radical (unpaired) electrons. The second-order valence-corrected chi connectivity index (χ2v) is 8.13. The van der Waals surface area contributed by atoms with Crippen LogP contribution in [0.1, 0.15) is 50.7 Å². The highest BCUT2D eigenvalue weighted by Crippen LogP contribution is 2.32. The van der Waals surface area contributed by atoms with Crippen LogP contribution in [0.15, 0.2) is 36.4 Å². The highest BCUT2D eigenvalue weighted by atomic mass is 19.1. The molecule has 2 aromatic rings. The van der Waals surface area contributed by atoms with E-state index in [0.29, 0.717) is 17.2 Å². The first-order valence-electron chi connectivity index (χ1n) is 10.2. The van der Waals surface area contributed by atoms with Gasteiger partial charge in [-0.25, -0.2) is 4.39 Å². The van der Waals surface area contributed by atoms with Crippen molar-refractivity contribution in [3.05, 3.63) is 53.3 Å². The Hall–Kier alpha value is -1.87. The molecule has 1 fully saturated rings. The van der Waals surface area contributed by atoms with Gasteiger partial charge in [-0.3, -0.25) is 4.90 Å². The third-order valence-electron chi connectivity index (χ3n) is 5.37. The highest BCUT2D eigenvalue weighted by molar-refractivity contribution is 5.70. The van der Waals surface area contributed by atoms with Gasteiger partial charge in [-0.2, -0.15) is 0 Å². The van der Waals surface area contributed by atoms with E-state index >= 15 is 0 Å². The highest BCUT2D eigenvalue weighted by Gasteiger charge is 2.16. The van der Waals surface area contributed by atoms with Crippen LogP contribution in [0.2, 0.25) is 0 Å². The second-order valence-electron chi connectivity index (χ2n) is 8.13. The Morgan fingerprint density at radius 3 is 2.37 bits per heavy atom. The fourth-order valence-corrected chi connectivity index (χ4v) is 4.01. The zero-order valence-corrected chi connectivity index (χ0v) is 16.9. The standard InChI is InChI=1S/C24H32FNO/c1-18(2)14-19-8-10-22(23-16-21(27-3)9-11-24(23)25)20(15-19)17-26-12-6-4-5-7-13-26/h8-11,15-16,18H,4-7,12-14,17H2,1-3H3. The molecule has 0 N–H and O–H groups in total. The van der Waals surface area contributed by atoms with Crippen molar-refractivity contribution in [2.24, 2.45) is 5.92 Å². The lowest BCUT2D eigenvalue weighted by Crippen LogP contribution is -2.24. The van der Waals surface area contributed by atoms with Crippen molar-refractivity contribution >= 4 is 0 Å². The molecule has 2 aromatic carbocycles. The zero-order chi connectivity index (χ0) is 19.2. The van der Waals surface area contributed by atoms with Crippen LogP contribution >= 0.6 is 0 Å². The lowest BCUT2D eigenvalue weighted by Gasteiger charge is -2.23. The van der Waals surface area contributed by atoms with Gasteiger partial charge in [0.15, 0.2) is 0 Å². The fourth-order valence-electron chi connectivity index (χ4n) is 4.01. The Morgan fingerprint density at radius 2 is 1.70 bits per heavy atom. The number of methoxy groups -OCH3 is 1. The van der Waals surface area contributed by atoms with E-state index in [2.05, 4.69) is 36.9 Å². The summed E-state index contributed by atoms with van der Waals surface area (Å²) in [6, 6.07) is 11.5. The first-order chi connectivity index (χ1) is 13.1. The van der Waals surface area contributed by atoms with E-state index in [4.69, 9.17) is 4.74 Å². The average molecular weight is 370 g/mol. The van der Waals surface area contributed by atoms with E-state index in [-0.39, 0.29) is 5.82 Å². The number of nitrogens with zero attached hydrogens (tertiary/aromatic N) is 1. The zero-order valence-electron chi connectivity index (χ0n) is 16.9. The lowest BCUT2D eigenvalue weighted by atomic mass is 9.93. The van der Waals surface area contributed by atoms with Crippen LogP contribution in [0.5, 0.6) is 5.75 Å². The third kappa shape index (κ3) is 5.32. The molecule has 1 aliphatic rings. The van der Waals surface area contributed by atoms with E-state index in [1.54, 1.807) is 13.2 Å². The van der Waals surface area contributed by atoms with Crippen molar-refractivity contribution in [3.63, 3.8) is 0 Å². The maximum atomic E-state index is 14.7. The van der Waals surface area contributed by atoms with Gasteiger partial charge in [-0.1, -0.05) is 44.9 Å². The van der Waals surface area contributed by atoms with E-state index in [1.165, 1.54) is 42.9 Å². The van der Waals surface area contributed by atoms with Gasteiger partial charge in [0.1, 0.15) is 11.6 Å². The third-order valence-corrected chi connectivity index (χ3v) is 5.37. The minimum absolute atomic E-state index is 0.190. The van der Waals surface area contributed by atoms with Crippen LogP contribution in [-0.4, -0.2) is 25.1 Å². The summed E-state index contributed by atoms with van der Waals surface area (Å²) in [7, 11) is 1.63. The molecule has 1 heterocycles. The van der Waals surface area contributed by atoms with Crippen LogP contribution in [0.3, 0.4) is 0 Å². The average Bonchev–Trinajstić information content (AvgIpc) is 2.91. The van der Waals surface area contributed by atoms with E-state index in [9.17, 15) is 4.39 Å². The molecule has 0 atom stereocenters. The normalized spacial score (nSPS) is 15.7. The summed E-state index contributed by atoms with van der Waals surface area (Å²) < 4.78 is 20.0. The Morgan fingerprint density at radius 1 is 0.963 bits per heavy atom. The number of ether oxygens (including phenoxy) is 1. The summed E-state index contributed by atoms with van der Waals surface area (Å²) in [5, 5.41) is 0. The molecular weight excluding hydrogens is 337 g/mol. The summed E-state index contributed by atoms with van der Waals surface area (Å²) in [5.41, 5.74) is 4.18. The van der Waals surface area contributed by atoms with Crippen molar-refractivity contribution < 1.29 is 9.13 Å². The van der Waals surface area contributed by atoms with Gasteiger partial charge in [-0.05, 0) is 73.2 Å². The number of hydrogen-bond donors (Lipinski definition) is 0. The molecule has 0 unspecified atom stereocenters. The predicted octanol–water partition coefficient (Wildman–Crippen LogP) is 6.08. The monoisotopic (exact) mass is 369 g/mol. The van der Waals surface area contributed by atoms with Crippen LogP contribution in [0, 0.1) is 11.7 Å². The van der Waals surface area contributed by atoms with Crippen LogP contribution in [0.4, 0.5) is 4.39 Å². The Labute approximate surface area is 163 Å². The summed E-state index contributed by atoms with van der Waals surface area (Å²) in [5.74, 6) is 1.11. The van der Waals surface area contributed by atoms with Gasteiger partial charge in [0, 0.05) is 12.1 Å². The van der Waals surface area contributed by atoms with Crippen molar-refractivity contribution in [1.29, 1.82) is 0 Å². The fraction of sp³-hybridized carbons (Fsp3) is 0.500. The van der Waals surface area contributed by atoms with E-state index in [1.807, 2.05) is 6.07 Å². The van der Waals surface area contributed by atoms with Gasteiger partial charge in [0.2, 0.25) is 0 Å². The maximum Gasteiger partial charge on any atom is 0.131 e. The van der Waals surface area contributed by atoms with Crippen LogP contribution in [0.25, 0.3) is 11.1 Å². The number of rotatable bonds is 6. The SMILES string of the molecule is COc1ccc(F)c(-c2ccc(CC(C)C)cc2CN2CCCCCC2)c1. The molecule has 3 rings (SSSR count). The quantitative estimate of drug-likeness (QED) is 0.612. The minimum Gasteiger partial charge on any atom is -0.497 e. The van der Waals surface area contributed by atoms with Gasteiger partial charge in [0.25, 0.3) is 0 Å². The molecule has 1 saturated heterocycles. The van der Waals surface area contributed by atoms with Gasteiger partial charge in [0.05, 0.1) is 7.11 Å². The number of likely N-dealkylation sites (tertiary alicyclic amines) is 1. The second kappa shape index (κ2) is 9.36. The summed E-state index contributed by atoms with van der Waals surface area (Å²) in [6.45, 7) is 7.63. The molecule has 0 amide bonds. The van der Waals surface area contributed by atoms with Crippen LogP contribution in [-0.2, 0) is 13.0 Å². The molecule has 0 saturated carbocycles. The molecule has 1 aliphatic heterocycles. The van der Waals surface area contributed by atoms with E-state index in [0.717, 1.165) is 31.6 Å². The Bertz CT molecular complexity index is 748. The summed E-state index contributed by atoms with van der Waals surface area (Å²) in [4.78, 5) is 2.53. The molecule has 0 aromatic heterocycles. The van der Waals surface area contributed by atoms with Crippen molar-refractivity contribution in [2.45, 2.75) is 52.5 Å². The number of benzene rings is 2. The largest absolute Gasteiger partial charge is 0.497 e. The molecule has 3 heteroatoms. The molecule has 0 aliphatic carbocycles. The molecular formula is C24H32FNO. The lowest BCUT2D eigenvalue weighted by molar-refractivity contribution is 0.277. The molecule has 2 nitrogen and oxygen atoms in total.